The van der Waals surface area contributed by atoms with Gasteiger partial charge in [0.05, 0.1) is 12.8 Å². The molecule has 1 rings (SSSR count). The van der Waals surface area contributed by atoms with Gasteiger partial charge in [-0.2, -0.15) is 4.98 Å². The number of aromatic nitrogens is 2. The summed E-state index contributed by atoms with van der Waals surface area (Å²) in [5.41, 5.74) is 0. The van der Waals surface area contributed by atoms with Gasteiger partial charge in [-0.1, -0.05) is 0 Å². The molecule has 0 saturated carbocycles. The van der Waals surface area contributed by atoms with Gasteiger partial charge >= 0.3 is 0 Å². The van der Waals surface area contributed by atoms with Crippen LogP contribution >= 0.6 is 0 Å². The van der Waals surface area contributed by atoms with Gasteiger partial charge in [0.15, 0.2) is 0 Å². The average Bonchev–Trinajstić information content (AvgIpc) is 2.31. The Hall–Kier alpha value is -1.03. The maximum Gasteiger partial charge on any atom is 0.229 e. The van der Waals surface area contributed by atoms with Crippen molar-refractivity contribution in [3.63, 3.8) is 0 Å². The summed E-state index contributed by atoms with van der Waals surface area (Å²) in [4.78, 5) is 3.92. The van der Waals surface area contributed by atoms with Gasteiger partial charge < -0.3 is 14.4 Å². The van der Waals surface area contributed by atoms with E-state index < -0.39 is 0 Å². The molecular formula is C8H14N2O2. The first-order chi connectivity index (χ1) is 5.74. The Morgan fingerprint density at radius 2 is 2.42 bits per heavy atom. The topological polar surface area (TPSA) is 47.3 Å². The number of aryl methyl sites for hydroxylation is 1. The average molecular weight is 170 g/mol. The zero-order chi connectivity index (χ0) is 8.97. The van der Waals surface area contributed by atoms with E-state index in [1.165, 1.54) is 0 Å². The van der Waals surface area contributed by atoms with Gasteiger partial charge in [-0.25, -0.2) is 0 Å². The molecule has 0 bridgehead atoms. The first-order valence-electron chi connectivity index (χ1n) is 4.03. The lowest BCUT2D eigenvalue weighted by Crippen LogP contribution is -2.03. The normalized spacial score (nSPS) is 10.5. The third-order valence-corrected chi connectivity index (χ3v) is 1.63. The lowest BCUT2D eigenvalue weighted by molar-refractivity contribution is 0.149. The summed E-state index contributed by atoms with van der Waals surface area (Å²) in [5.74, 6) is 0.921. The molecule has 0 fully saturated rings. The third-order valence-electron chi connectivity index (χ3n) is 1.63. The minimum Gasteiger partial charge on any atom is -0.492 e. The van der Waals surface area contributed by atoms with Gasteiger partial charge in [-0.05, 0) is 6.92 Å². The minimum absolute atomic E-state index is 0.0731. The molecule has 0 aliphatic heterocycles. The summed E-state index contributed by atoms with van der Waals surface area (Å²) in [6.07, 6.45) is 2.33. The highest BCUT2D eigenvalue weighted by Crippen LogP contribution is 2.07. The van der Waals surface area contributed by atoms with E-state index in [-0.39, 0.29) is 5.88 Å². The highest BCUT2D eigenvalue weighted by Gasteiger charge is 2.02. The standard InChI is InChI=1S/C8H14N2O2/c1-3-12-5-4-7-9-8(11)6-10(7)2/h6,11H,3-5H2,1-2H3. The van der Waals surface area contributed by atoms with Crippen molar-refractivity contribution >= 4 is 0 Å². The van der Waals surface area contributed by atoms with E-state index >= 15 is 0 Å². The molecule has 0 aliphatic carbocycles. The van der Waals surface area contributed by atoms with Gasteiger partial charge in [0.25, 0.3) is 0 Å². The molecule has 12 heavy (non-hydrogen) atoms. The summed E-state index contributed by atoms with van der Waals surface area (Å²) in [6.45, 7) is 3.33. The molecule has 0 spiro atoms. The van der Waals surface area contributed by atoms with Gasteiger partial charge in [-0.15, -0.1) is 0 Å². The number of nitrogens with zero attached hydrogens (tertiary/aromatic N) is 2. The van der Waals surface area contributed by atoms with Crippen molar-refractivity contribution in [2.75, 3.05) is 13.2 Å². The Bertz CT molecular complexity index is 245. The van der Waals surface area contributed by atoms with Crippen molar-refractivity contribution in [2.45, 2.75) is 13.3 Å². The zero-order valence-corrected chi connectivity index (χ0v) is 7.45. The molecule has 1 heterocycles. The summed E-state index contributed by atoms with van der Waals surface area (Å²) >= 11 is 0. The van der Waals surface area contributed by atoms with Crippen molar-refractivity contribution < 1.29 is 9.84 Å². The highest BCUT2D eigenvalue weighted by molar-refractivity contribution is 5.07. The Morgan fingerprint density at radius 1 is 1.67 bits per heavy atom. The summed E-state index contributed by atoms with van der Waals surface area (Å²) in [6, 6.07) is 0. The predicted molar refractivity (Wildman–Crippen MR) is 45.1 cm³/mol. The van der Waals surface area contributed by atoms with Crippen LogP contribution < -0.4 is 0 Å². The molecule has 0 aromatic carbocycles. The molecular weight excluding hydrogens is 156 g/mol. The molecule has 0 atom stereocenters. The molecule has 0 unspecified atom stereocenters. The largest absolute Gasteiger partial charge is 0.492 e. The van der Waals surface area contributed by atoms with Crippen molar-refractivity contribution in [3.8, 4) is 5.88 Å². The predicted octanol–water partition coefficient (Wildman–Crippen LogP) is 0.705. The van der Waals surface area contributed by atoms with Crippen LogP contribution in [0.3, 0.4) is 0 Å². The second-order valence-electron chi connectivity index (χ2n) is 2.57. The van der Waals surface area contributed by atoms with Crippen molar-refractivity contribution in [3.05, 3.63) is 12.0 Å². The van der Waals surface area contributed by atoms with Crippen LogP contribution in [0, 0.1) is 0 Å². The highest BCUT2D eigenvalue weighted by atomic mass is 16.5. The van der Waals surface area contributed by atoms with Gasteiger partial charge in [-0.3, -0.25) is 0 Å². The Kier molecular flexibility index (Phi) is 3.10. The number of imidazole rings is 1. The van der Waals surface area contributed by atoms with Crippen LogP contribution in [0.15, 0.2) is 6.20 Å². The van der Waals surface area contributed by atoms with Gasteiger partial charge in [0.1, 0.15) is 5.82 Å². The van der Waals surface area contributed by atoms with Crippen molar-refractivity contribution in [1.82, 2.24) is 9.55 Å². The second kappa shape index (κ2) is 4.11. The van der Waals surface area contributed by atoms with E-state index in [1.807, 2.05) is 14.0 Å². The fraction of sp³-hybridized carbons (Fsp3) is 0.625. The minimum atomic E-state index is 0.0731. The van der Waals surface area contributed by atoms with Crippen LogP contribution in [-0.2, 0) is 18.2 Å². The van der Waals surface area contributed by atoms with Crippen LogP contribution in [0.2, 0.25) is 0 Å². The van der Waals surface area contributed by atoms with E-state index in [0.29, 0.717) is 6.61 Å². The molecule has 0 radical (unpaired) electrons. The number of ether oxygens (including phenoxy) is 1. The van der Waals surface area contributed by atoms with E-state index in [2.05, 4.69) is 4.98 Å². The molecule has 4 heteroatoms. The molecule has 0 saturated heterocycles. The van der Waals surface area contributed by atoms with Gasteiger partial charge in [0.2, 0.25) is 5.88 Å². The molecule has 1 aromatic rings. The van der Waals surface area contributed by atoms with E-state index in [1.54, 1.807) is 10.8 Å². The van der Waals surface area contributed by atoms with Crippen LogP contribution in [-0.4, -0.2) is 27.9 Å². The van der Waals surface area contributed by atoms with E-state index in [4.69, 9.17) is 9.84 Å². The molecule has 68 valence electrons. The summed E-state index contributed by atoms with van der Waals surface area (Å²) < 4.78 is 6.97. The van der Waals surface area contributed by atoms with Crippen LogP contribution in [0.4, 0.5) is 0 Å². The van der Waals surface area contributed by atoms with E-state index in [0.717, 1.165) is 18.9 Å². The quantitative estimate of drug-likeness (QED) is 0.677. The first-order valence-corrected chi connectivity index (χ1v) is 4.03. The Morgan fingerprint density at radius 3 is 2.92 bits per heavy atom. The van der Waals surface area contributed by atoms with Crippen molar-refractivity contribution in [1.29, 1.82) is 0 Å². The second-order valence-corrected chi connectivity index (χ2v) is 2.57. The van der Waals surface area contributed by atoms with Crippen LogP contribution in [0.1, 0.15) is 12.7 Å². The number of rotatable bonds is 4. The number of aromatic hydroxyl groups is 1. The summed E-state index contributed by atoms with van der Waals surface area (Å²) in [7, 11) is 1.86. The lowest BCUT2D eigenvalue weighted by atomic mass is 10.4. The SMILES string of the molecule is CCOCCc1nc(O)cn1C. The molecule has 1 aromatic heterocycles. The fourth-order valence-electron chi connectivity index (χ4n) is 1.03. The third kappa shape index (κ3) is 2.23. The van der Waals surface area contributed by atoms with Gasteiger partial charge in [0, 0.05) is 20.1 Å². The number of hydrogen-bond acceptors (Lipinski definition) is 3. The van der Waals surface area contributed by atoms with Crippen molar-refractivity contribution in [2.24, 2.45) is 7.05 Å². The molecule has 0 amide bonds. The molecule has 4 nitrogen and oxygen atoms in total. The monoisotopic (exact) mass is 170 g/mol. The molecule has 1 N–H and O–H groups in total. The lowest BCUT2D eigenvalue weighted by Gasteiger charge is -2.00. The number of hydrogen-bond donors (Lipinski definition) is 1. The maximum atomic E-state index is 9.02. The van der Waals surface area contributed by atoms with Crippen LogP contribution in [0.25, 0.3) is 0 Å². The Labute approximate surface area is 71.8 Å². The maximum absolute atomic E-state index is 9.02. The summed E-state index contributed by atoms with van der Waals surface area (Å²) in [5, 5.41) is 9.02. The van der Waals surface area contributed by atoms with Crippen LogP contribution in [0.5, 0.6) is 5.88 Å². The smallest absolute Gasteiger partial charge is 0.229 e. The van der Waals surface area contributed by atoms with E-state index in [9.17, 15) is 0 Å². The molecule has 0 aliphatic rings. The fourth-order valence-corrected chi connectivity index (χ4v) is 1.03. The Balaban J connectivity index is 2.45. The first kappa shape index (κ1) is 9.06. The zero-order valence-electron chi connectivity index (χ0n) is 7.45.